The molecule has 2 aromatic heterocycles. The number of hydrogen-bond acceptors (Lipinski definition) is 2. The van der Waals surface area contributed by atoms with Crippen molar-refractivity contribution in [1.29, 1.82) is 0 Å². The van der Waals surface area contributed by atoms with E-state index < -0.39 is 11.3 Å². The number of halogens is 4. The summed E-state index contributed by atoms with van der Waals surface area (Å²) in [6, 6.07) is 10.8. The van der Waals surface area contributed by atoms with Crippen molar-refractivity contribution < 1.29 is 4.79 Å². The molecule has 0 spiro atoms. The Morgan fingerprint density at radius 3 is 2.40 bits per heavy atom. The van der Waals surface area contributed by atoms with Crippen molar-refractivity contribution in [3.8, 4) is 5.69 Å². The maximum absolute atomic E-state index is 13.7. The molecular weight excluding hydrogens is 464 g/mol. The van der Waals surface area contributed by atoms with Crippen LogP contribution in [0.3, 0.4) is 0 Å². The monoisotopic (exact) mass is 475 g/mol. The lowest BCUT2D eigenvalue weighted by Gasteiger charge is -2.19. The summed E-state index contributed by atoms with van der Waals surface area (Å²) in [6.45, 7) is 0. The molecule has 8 heteroatoms. The van der Waals surface area contributed by atoms with Gasteiger partial charge in [-0.25, -0.2) is 4.68 Å². The molecule has 0 N–H and O–H groups in total. The van der Waals surface area contributed by atoms with E-state index in [9.17, 15) is 4.79 Å². The molecule has 0 saturated carbocycles. The van der Waals surface area contributed by atoms with Crippen LogP contribution < -0.4 is 0 Å². The number of para-hydroxylation sites is 1. The summed E-state index contributed by atoms with van der Waals surface area (Å²) >= 11 is 25.5. The van der Waals surface area contributed by atoms with Crippen LogP contribution in [0, 0.1) is 5.92 Å². The lowest BCUT2D eigenvalue weighted by atomic mass is 9.99. The summed E-state index contributed by atoms with van der Waals surface area (Å²) in [7, 11) is 0. The summed E-state index contributed by atoms with van der Waals surface area (Å²) in [4.78, 5) is 13.7. The number of fused-ring (bicyclic) bond motifs is 3. The lowest BCUT2D eigenvalue weighted by Crippen LogP contribution is -2.28. The predicted molar refractivity (Wildman–Crippen MR) is 124 cm³/mol. The van der Waals surface area contributed by atoms with Gasteiger partial charge in [-0.1, -0.05) is 77.3 Å². The van der Waals surface area contributed by atoms with E-state index in [0.29, 0.717) is 26.4 Å². The molecule has 1 aliphatic rings. The molecule has 5 rings (SSSR count). The van der Waals surface area contributed by atoms with Gasteiger partial charge in [-0.15, -0.1) is 11.6 Å². The van der Waals surface area contributed by atoms with Gasteiger partial charge in [0.1, 0.15) is 5.69 Å². The van der Waals surface area contributed by atoms with Gasteiger partial charge in [0.2, 0.25) is 5.91 Å². The quantitative estimate of drug-likeness (QED) is 0.294. The molecular formula is C22H13Cl4N3O. The van der Waals surface area contributed by atoms with E-state index in [2.05, 4.69) is 5.10 Å². The van der Waals surface area contributed by atoms with E-state index in [1.165, 1.54) is 0 Å². The average Bonchev–Trinajstić information content (AvgIpc) is 3.26. The van der Waals surface area contributed by atoms with Crippen molar-refractivity contribution in [2.45, 2.75) is 5.38 Å². The van der Waals surface area contributed by atoms with Crippen molar-refractivity contribution >= 4 is 74.2 Å². The zero-order valence-electron chi connectivity index (χ0n) is 15.3. The maximum Gasteiger partial charge on any atom is 0.241 e. The Labute approximate surface area is 191 Å². The normalized spacial score (nSPS) is 18.5. The predicted octanol–water partition coefficient (Wildman–Crippen LogP) is 6.93. The molecule has 0 amide bonds. The Hall–Kier alpha value is -2.24. The van der Waals surface area contributed by atoms with Crippen LogP contribution >= 0.6 is 46.4 Å². The van der Waals surface area contributed by atoms with Crippen LogP contribution in [-0.2, 0) is 0 Å². The molecule has 4 nitrogen and oxygen atoms in total. The van der Waals surface area contributed by atoms with Gasteiger partial charge in [0, 0.05) is 15.8 Å². The zero-order valence-corrected chi connectivity index (χ0v) is 18.3. The van der Waals surface area contributed by atoms with Crippen LogP contribution in [0.5, 0.6) is 0 Å². The van der Waals surface area contributed by atoms with E-state index in [1.54, 1.807) is 33.7 Å². The molecule has 0 saturated heterocycles. The second-order valence-electron chi connectivity index (χ2n) is 6.94. The number of alkyl halides is 1. The summed E-state index contributed by atoms with van der Waals surface area (Å²) in [5.41, 5.74) is 1.78. The number of hydrogen-bond donors (Lipinski definition) is 0. The maximum atomic E-state index is 13.7. The molecule has 30 heavy (non-hydrogen) atoms. The highest BCUT2D eigenvalue weighted by molar-refractivity contribution is 6.40. The van der Waals surface area contributed by atoms with Crippen molar-refractivity contribution in [2.24, 2.45) is 5.92 Å². The second kappa shape index (κ2) is 7.47. The van der Waals surface area contributed by atoms with Crippen molar-refractivity contribution in [3.05, 3.63) is 82.0 Å². The van der Waals surface area contributed by atoms with Crippen molar-refractivity contribution in [3.63, 3.8) is 0 Å². The largest absolute Gasteiger partial charge is 0.273 e. The van der Waals surface area contributed by atoms with Gasteiger partial charge in [0.25, 0.3) is 0 Å². The molecule has 0 fully saturated rings. The van der Waals surface area contributed by atoms with Crippen LogP contribution in [0.4, 0.5) is 0 Å². The zero-order chi connectivity index (χ0) is 21.0. The first kappa shape index (κ1) is 19.7. The number of carbonyl (C=O) groups excluding carboxylic acids is 1. The SMILES string of the molecule is O=C(C1C=CC=CC1Cl)n1c2ccccc2c2cnn(-c3c(Cl)cc(Cl)cc3Cl)c21. The van der Waals surface area contributed by atoms with E-state index in [4.69, 9.17) is 46.4 Å². The highest BCUT2D eigenvalue weighted by Crippen LogP contribution is 2.37. The first-order valence-electron chi connectivity index (χ1n) is 9.12. The minimum atomic E-state index is -0.518. The van der Waals surface area contributed by atoms with Gasteiger partial charge in [0.05, 0.1) is 33.1 Å². The molecule has 150 valence electrons. The Morgan fingerprint density at radius 1 is 0.967 bits per heavy atom. The average molecular weight is 477 g/mol. The topological polar surface area (TPSA) is 39.8 Å². The van der Waals surface area contributed by atoms with E-state index in [0.717, 1.165) is 16.3 Å². The van der Waals surface area contributed by atoms with Crippen molar-refractivity contribution in [2.75, 3.05) is 0 Å². The highest BCUT2D eigenvalue weighted by atomic mass is 35.5. The van der Waals surface area contributed by atoms with Crippen molar-refractivity contribution in [1.82, 2.24) is 14.3 Å². The first-order valence-corrected chi connectivity index (χ1v) is 10.7. The molecule has 2 aromatic carbocycles. The van der Waals surface area contributed by atoms with Crippen LogP contribution in [0.1, 0.15) is 4.79 Å². The third kappa shape index (κ3) is 2.98. The second-order valence-corrected chi connectivity index (χ2v) is 8.70. The van der Waals surface area contributed by atoms with E-state index in [-0.39, 0.29) is 5.91 Å². The molecule has 0 radical (unpaired) electrons. The van der Waals surface area contributed by atoms with Gasteiger partial charge in [-0.3, -0.25) is 9.36 Å². The lowest BCUT2D eigenvalue weighted by molar-refractivity contribution is 0.0873. The fourth-order valence-corrected chi connectivity index (χ4v) is 5.08. The summed E-state index contributed by atoms with van der Waals surface area (Å²) < 4.78 is 3.22. The molecule has 2 unspecified atom stereocenters. The summed E-state index contributed by atoms with van der Waals surface area (Å²) in [5, 5.41) is 6.84. The van der Waals surface area contributed by atoms with Gasteiger partial charge in [0.15, 0.2) is 5.65 Å². The third-order valence-electron chi connectivity index (χ3n) is 5.16. The number of benzene rings is 2. The van der Waals surface area contributed by atoms with Gasteiger partial charge < -0.3 is 0 Å². The molecule has 2 atom stereocenters. The molecule has 2 heterocycles. The number of carbonyl (C=O) groups is 1. The Morgan fingerprint density at radius 2 is 1.67 bits per heavy atom. The van der Waals surface area contributed by atoms with Crippen LogP contribution in [-0.4, -0.2) is 25.6 Å². The summed E-state index contributed by atoms with van der Waals surface area (Å²) in [5.74, 6) is -0.681. The molecule has 1 aliphatic carbocycles. The fraction of sp³-hybridized carbons (Fsp3) is 0.0909. The number of nitrogens with zero attached hydrogens (tertiary/aromatic N) is 3. The molecule has 4 aromatic rings. The third-order valence-corrected chi connectivity index (χ3v) is 6.37. The van der Waals surface area contributed by atoms with Crippen LogP contribution in [0.15, 0.2) is 66.9 Å². The molecule has 0 aliphatic heterocycles. The van der Waals surface area contributed by atoms with E-state index >= 15 is 0 Å². The number of rotatable bonds is 2. The number of allylic oxidation sites excluding steroid dienone is 4. The van der Waals surface area contributed by atoms with Gasteiger partial charge >= 0.3 is 0 Å². The van der Waals surface area contributed by atoms with Crippen LogP contribution in [0.25, 0.3) is 27.6 Å². The van der Waals surface area contributed by atoms with E-state index in [1.807, 2.05) is 42.5 Å². The standard InChI is InChI=1S/C22H13Cl4N3O/c23-12-9-17(25)20(18(26)10-12)29-21-15(11-27-29)13-5-2-4-8-19(13)28(21)22(30)14-6-1-3-7-16(14)24/h1-11,14,16H. The minimum absolute atomic E-state index is 0.162. The Bertz CT molecular complexity index is 1360. The first-order chi connectivity index (χ1) is 14.5. The number of aromatic nitrogens is 3. The van der Waals surface area contributed by atoms with Gasteiger partial charge in [-0.05, 0) is 18.2 Å². The Balaban J connectivity index is 1.84. The fourth-order valence-electron chi connectivity index (χ4n) is 3.83. The Kier molecular flexibility index (Phi) is 4.91. The van der Waals surface area contributed by atoms with Crippen LogP contribution in [0.2, 0.25) is 15.1 Å². The van der Waals surface area contributed by atoms with Gasteiger partial charge in [-0.2, -0.15) is 5.10 Å². The highest BCUT2D eigenvalue weighted by Gasteiger charge is 2.30. The smallest absolute Gasteiger partial charge is 0.241 e. The minimum Gasteiger partial charge on any atom is -0.273 e. The molecule has 0 bridgehead atoms. The summed E-state index contributed by atoms with van der Waals surface area (Å²) in [6.07, 6.45) is 8.98.